The van der Waals surface area contributed by atoms with E-state index in [2.05, 4.69) is 5.32 Å². The van der Waals surface area contributed by atoms with E-state index in [1.54, 1.807) is 30.3 Å². The van der Waals surface area contributed by atoms with E-state index >= 15 is 0 Å². The molecule has 0 aliphatic rings. The summed E-state index contributed by atoms with van der Waals surface area (Å²) in [5, 5.41) is 2.91. The van der Waals surface area contributed by atoms with Gasteiger partial charge < -0.3 is 10.2 Å². The van der Waals surface area contributed by atoms with Crippen LogP contribution >= 0.6 is 0 Å². The van der Waals surface area contributed by atoms with Crippen LogP contribution in [-0.4, -0.2) is 43.8 Å². The third kappa shape index (κ3) is 7.22. The topological polar surface area (TPSA) is 86.8 Å². The Balaban J connectivity index is 2.05. The molecular weight excluding hydrogens is 498 g/mol. The van der Waals surface area contributed by atoms with Crippen molar-refractivity contribution in [2.45, 2.75) is 64.6 Å². The van der Waals surface area contributed by atoms with Gasteiger partial charge in [0.1, 0.15) is 12.6 Å². The quantitative estimate of drug-likeness (QED) is 0.381. The molecule has 0 bridgehead atoms. The molecule has 0 saturated carbocycles. The molecule has 1 N–H and O–H groups in total. The average molecular weight is 536 g/mol. The molecule has 0 aromatic heterocycles. The number of sulfonamides is 1. The number of carbonyl (C=O) groups excluding carboxylic acids is 2. The third-order valence-corrected chi connectivity index (χ3v) is 7.97. The maximum absolute atomic E-state index is 14.0. The molecule has 0 unspecified atom stereocenters. The summed E-state index contributed by atoms with van der Waals surface area (Å²) in [7, 11) is -4.06. The van der Waals surface area contributed by atoms with Crippen molar-refractivity contribution >= 4 is 27.5 Å². The van der Waals surface area contributed by atoms with Crippen molar-refractivity contribution in [2.75, 3.05) is 10.8 Å². The Morgan fingerprint density at radius 1 is 0.868 bits per heavy atom. The van der Waals surface area contributed by atoms with Gasteiger partial charge in [-0.1, -0.05) is 72.6 Å². The van der Waals surface area contributed by atoms with Gasteiger partial charge in [-0.3, -0.25) is 13.9 Å². The molecule has 0 fully saturated rings. The summed E-state index contributed by atoms with van der Waals surface area (Å²) in [5.41, 5.74) is 3.24. The fourth-order valence-corrected chi connectivity index (χ4v) is 5.70. The summed E-state index contributed by atoms with van der Waals surface area (Å²) in [6.07, 6.45) is 0.381. The van der Waals surface area contributed by atoms with E-state index in [0.29, 0.717) is 12.1 Å². The first-order valence-electron chi connectivity index (χ1n) is 12.8. The molecule has 0 aliphatic carbocycles. The fourth-order valence-electron chi connectivity index (χ4n) is 4.27. The zero-order valence-electron chi connectivity index (χ0n) is 22.7. The normalized spacial score (nSPS) is 12.2. The molecular formula is C30H37N3O4S. The fraction of sp³-hybridized carbons (Fsp3) is 0.333. The Hall–Kier alpha value is -3.65. The number of anilines is 1. The van der Waals surface area contributed by atoms with Crippen LogP contribution < -0.4 is 9.62 Å². The molecule has 3 aromatic carbocycles. The Morgan fingerprint density at radius 2 is 1.53 bits per heavy atom. The van der Waals surface area contributed by atoms with Gasteiger partial charge >= 0.3 is 0 Å². The van der Waals surface area contributed by atoms with Crippen LogP contribution in [0.1, 0.15) is 43.9 Å². The summed E-state index contributed by atoms with van der Waals surface area (Å²) in [5.74, 6) is -0.728. The zero-order valence-corrected chi connectivity index (χ0v) is 23.5. The van der Waals surface area contributed by atoms with Crippen LogP contribution in [0.15, 0.2) is 83.8 Å². The summed E-state index contributed by atoms with van der Waals surface area (Å²) in [6.45, 7) is 9.18. The molecule has 8 heteroatoms. The Bertz CT molecular complexity index is 1340. The highest BCUT2D eigenvalue weighted by Crippen LogP contribution is 2.25. The van der Waals surface area contributed by atoms with Crippen molar-refractivity contribution in [1.29, 1.82) is 0 Å². The van der Waals surface area contributed by atoms with E-state index in [1.807, 2.05) is 71.0 Å². The number of amides is 2. The van der Waals surface area contributed by atoms with Crippen LogP contribution in [0.3, 0.4) is 0 Å². The van der Waals surface area contributed by atoms with Crippen molar-refractivity contribution in [1.82, 2.24) is 10.2 Å². The van der Waals surface area contributed by atoms with Gasteiger partial charge in [0.25, 0.3) is 10.0 Å². The van der Waals surface area contributed by atoms with Crippen LogP contribution in [0.25, 0.3) is 0 Å². The summed E-state index contributed by atoms with van der Waals surface area (Å²) in [4.78, 5) is 28.7. The summed E-state index contributed by atoms with van der Waals surface area (Å²) in [6, 6.07) is 21.9. The zero-order chi connectivity index (χ0) is 27.9. The number of hydrogen-bond acceptors (Lipinski definition) is 4. The molecule has 0 spiro atoms. The summed E-state index contributed by atoms with van der Waals surface area (Å²) < 4.78 is 28.7. The number of nitrogens with zero attached hydrogens (tertiary/aromatic N) is 2. The Labute approximate surface area is 226 Å². The van der Waals surface area contributed by atoms with Crippen LogP contribution in [-0.2, 0) is 26.2 Å². The van der Waals surface area contributed by atoms with Gasteiger partial charge in [0, 0.05) is 12.6 Å². The number of benzene rings is 3. The van der Waals surface area contributed by atoms with Crippen LogP contribution in [0, 0.1) is 13.8 Å². The first-order valence-corrected chi connectivity index (χ1v) is 14.3. The molecule has 0 heterocycles. The van der Waals surface area contributed by atoms with Crippen molar-refractivity contribution in [3.8, 4) is 0 Å². The van der Waals surface area contributed by atoms with E-state index < -0.39 is 28.5 Å². The number of carbonyl (C=O) groups is 2. The first-order chi connectivity index (χ1) is 18.0. The molecule has 38 heavy (non-hydrogen) atoms. The van der Waals surface area contributed by atoms with E-state index in [-0.39, 0.29) is 23.4 Å². The molecule has 7 nitrogen and oxygen atoms in total. The minimum Gasteiger partial charge on any atom is -0.352 e. The van der Waals surface area contributed by atoms with Crippen molar-refractivity contribution < 1.29 is 18.0 Å². The Morgan fingerprint density at radius 3 is 2.11 bits per heavy atom. The highest BCUT2D eigenvalue weighted by Gasteiger charge is 2.33. The smallest absolute Gasteiger partial charge is 0.264 e. The van der Waals surface area contributed by atoms with E-state index in [9.17, 15) is 18.0 Å². The molecule has 0 saturated heterocycles. The van der Waals surface area contributed by atoms with Gasteiger partial charge in [-0.15, -0.1) is 0 Å². The third-order valence-electron chi connectivity index (χ3n) is 6.18. The Kier molecular flexibility index (Phi) is 9.69. The lowest BCUT2D eigenvalue weighted by Gasteiger charge is -2.33. The minimum absolute atomic E-state index is 0.0863. The van der Waals surface area contributed by atoms with Crippen molar-refractivity contribution in [2.24, 2.45) is 0 Å². The molecule has 202 valence electrons. The second-order valence-electron chi connectivity index (χ2n) is 9.76. The summed E-state index contributed by atoms with van der Waals surface area (Å²) >= 11 is 0. The second kappa shape index (κ2) is 12.7. The lowest BCUT2D eigenvalue weighted by molar-refractivity contribution is -0.140. The van der Waals surface area contributed by atoms with Crippen LogP contribution in [0.5, 0.6) is 0 Å². The molecule has 2 amide bonds. The molecule has 0 aliphatic heterocycles. The second-order valence-corrected chi connectivity index (χ2v) is 11.6. The standard InChI is InChI=1S/C30H37N3O4S/c1-6-28(30(35)31-22(2)3)32(20-25-12-10-11-24(5)19-25)29(34)21-33(26-17-15-23(4)16-18-26)38(36,37)27-13-8-7-9-14-27/h7-19,22,28H,6,20-21H2,1-5H3,(H,31,35)/t28-/m0/s1. The predicted octanol–water partition coefficient (Wildman–Crippen LogP) is 4.83. The molecule has 0 radical (unpaired) electrons. The average Bonchev–Trinajstić information content (AvgIpc) is 2.87. The van der Waals surface area contributed by atoms with Crippen LogP contribution in [0.4, 0.5) is 5.69 Å². The number of nitrogens with one attached hydrogen (secondary N) is 1. The van der Waals surface area contributed by atoms with Gasteiger partial charge in [-0.25, -0.2) is 8.42 Å². The highest BCUT2D eigenvalue weighted by atomic mass is 32.2. The van der Waals surface area contributed by atoms with Crippen molar-refractivity contribution in [3.63, 3.8) is 0 Å². The van der Waals surface area contributed by atoms with Gasteiger partial charge in [-0.2, -0.15) is 0 Å². The largest absolute Gasteiger partial charge is 0.352 e. The maximum atomic E-state index is 14.0. The van der Waals surface area contributed by atoms with Gasteiger partial charge in [0.05, 0.1) is 10.6 Å². The van der Waals surface area contributed by atoms with Gasteiger partial charge in [0.15, 0.2) is 0 Å². The lowest BCUT2D eigenvalue weighted by Crippen LogP contribution is -2.53. The monoisotopic (exact) mass is 535 g/mol. The minimum atomic E-state index is -4.06. The van der Waals surface area contributed by atoms with Gasteiger partial charge in [-0.05, 0) is 63.9 Å². The molecule has 3 rings (SSSR count). The number of hydrogen-bond donors (Lipinski definition) is 1. The van der Waals surface area contributed by atoms with E-state index in [0.717, 1.165) is 21.0 Å². The van der Waals surface area contributed by atoms with E-state index in [4.69, 9.17) is 0 Å². The highest BCUT2D eigenvalue weighted by molar-refractivity contribution is 7.92. The molecule has 3 aromatic rings. The first kappa shape index (κ1) is 28.9. The predicted molar refractivity (Wildman–Crippen MR) is 151 cm³/mol. The molecule has 1 atom stereocenters. The maximum Gasteiger partial charge on any atom is 0.264 e. The number of rotatable bonds is 11. The van der Waals surface area contributed by atoms with Crippen LogP contribution in [0.2, 0.25) is 0 Å². The van der Waals surface area contributed by atoms with Gasteiger partial charge in [0.2, 0.25) is 11.8 Å². The van der Waals surface area contributed by atoms with Crippen molar-refractivity contribution in [3.05, 3.63) is 95.6 Å². The van der Waals surface area contributed by atoms with E-state index in [1.165, 1.54) is 17.0 Å². The number of aryl methyl sites for hydroxylation is 2. The SMILES string of the molecule is CC[C@@H](C(=O)NC(C)C)N(Cc1cccc(C)c1)C(=O)CN(c1ccc(C)cc1)S(=O)(=O)c1ccccc1. The lowest BCUT2D eigenvalue weighted by atomic mass is 10.1.